The van der Waals surface area contributed by atoms with Crippen LogP contribution in [-0.4, -0.2) is 58.3 Å². The van der Waals surface area contributed by atoms with Gasteiger partial charge in [0, 0.05) is 25.6 Å². The quantitative estimate of drug-likeness (QED) is 0.795. The third-order valence-electron chi connectivity index (χ3n) is 5.78. The Morgan fingerprint density at radius 2 is 1.85 bits per heavy atom. The highest BCUT2D eigenvalue weighted by Crippen LogP contribution is 2.37. The topological polar surface area (TPSA) is 75.7 Å². The minimum atomic E-state index is -3.50. The lowest BCUT2D eigenvalue weighted by molar-refractivity contribution is -0.136. The molecule has 1 aromatic carbocycles. The standard InChI is InChI=1S/C19H28N2O4S.ClH/c1-15(13-26(23,24)17-5-3-16(25-2)4-6-17)18(22)21-11-8-19(9-12-21)7-10-20-14-19;/h3-6,15,20H,7-14H2,1-2H3;1H. The van der Waals surface area contributed by atoms with Crippen molar-refractivity contribution in [1.29, 1.82) is 0 Å². The predicted octanol–water partition coefficient (Wildman–Crippen LogP) is 2.13. The molecule has 1 atom stereocenters. The van der Waals surface area contributed by atoms with Crippen LogP contribution in [0, 0.1) is 11.3 Å². The Morgan fingerprint density at radius 1 is 1.22 bits per heavy atom. The first-order chi connectivity index (χ1) is 12.4. The number of hydrogen-bond acceptors (Lipinski definition) is 5. The number of sulfone groups is 1. The zero-order valence-corrected chi connectivity index (χ0v) is 17.6. The van der Waals surface area contributed by atoms with Crippen molar-refractivity contribution in [3.05, 3.63) is 24.3 Å². The number of hydrogen-bond donors (Lipinski definition) is 1. The van der Waals surface area contributed by atoms with E-state index in [1.54, 1.807) is 19.1 Å². The SMILES string of the molecule is COc1ccc(S(=O)(=O)CC(C)C(=O)N2CCC3(CCNC3)CC2)cc1.Cl. The highest BCUT2D eigenvalue weighted by Gasteiger charge is 2.39. The van der Waals surface area contributed by atoms with Crippen molar-refractivity contribution < 1.29 is 17.9 Å². The lowest BCUT2D eigenvalue weighted by Gasteiger charge is -2.39. The summed E-state index contributed by atoms with van der Waals surface area (Å²) in [7, 11) is -1.97. The first kappa shape index (κ1) is 22.0. The monoisotopic (exact) mass is 416 g/mol. The molecule has 0 radical (unpaired) electrons. The Labute approximate surface area is 168 Å². The van der Waals surface area contributed by atoms with Crippen molar-refractivity contribution in [3.8, 4) is 5.75 Å². The van der Waals surface area contributed by atoms with Gasteiger partial charge in [0.05, 0.1) is 17.8 Å². The Hall–Kier alpha value is -1.31. The van der Waals surface area contributed by atoms with Gasteiger partial charge in [-0.15, -0.1) is 12.4 Å². The van der Waals surface area contributed by atoms with E-state index in [0.717, 1.165) is 39.0 Å². The average Bonchev–Trinajstić information content (AvgIpc) is 3.09. The summed E-state index contributed by atoms with van der Waals surface area (Å²) in [6.07, 6.45) is 3.18. The van der Waals surface area contributed by atoms with Crippen molar-refractivity contribution in [2.24, 2.45) is 11.3 Å². The summed E-state index contributed by atoms with van der Waals surface area (Å²) in [6.45, 7) is 5.27. The Kier molecular flexibility index (Phi) is 7.16. The molecule has 0 saturated carbocycles. The van der Waals surface area contributed by atoms with Gasteiger partial charge in [-0.05, 0) is 55.5 Å². The molecule has 0 bridgehead atoms. The summed E-state index contributed by atoms with van der Waals surface area (Å²) < 4.78 is 30.3. The van der Waals surface area contributed by atoms with E-state index >= 15 is 0 Å². The number of ether oxygens (including phenoxy) is 1. The lowest BCUT2D eigenvalue weighted by atomic mass is 9.77. The number of carbonyl (C=O) groups is 1. The Morgan fingerprint density at radius 3 is 2.37 bits per heavy atom. The summed E-state index contributed by atoms with van der Waals surface area (Å²) >= 11 is 0. The summed E-state index contributed by atoms with van der Waals surface area (Å²) in [5, 5.41) is 3.42. The maximum atomic E-state index is 12.7. The van der Waals surface area contributed by atoms with E-state index < -0.39 is 15.8 Å². The van der Waals surface area contributed by atoms with Crippen molar-refractivity contribution in [2.45, 2.75) is 31.1 Å². The number of nitrogens with zero attached hydrogens (tertiary/aromatic N) is 1. The molecule has 2 heterocycles. The number of nitrogens with one attached hydrogen (secondary N) is 1. The molecule has 1 aromatic rings. The molecule has 152 valence electrons. The van der Waals surface area contributed by atoms with E-state index in [4.69, 9.17) is 4.74 Å². The van der Waals surface area contributed by atoms with Crippen LogP contribution >= 0.6 is 12.4 Å². The highest BCUT2D eigenvalue weighted by atomic mass is 35.5. The summed E-state index contributed by atoms with van der Waals surface area (Å²) in [5.41, 5.74) is 0.342. The van der Waals surface area contributed by atoms with Crippen LogP contribution in [0.1, 0.15) is 26.2 Å². The molecular formula is C19H29ClN2O4S. The van der Waals surface area contributed by atoms with Crippen LogP contribution < -0.4 is 10.1 Å². The third-order valence-corrected chi connectivity index (χ3v) is 7.71. The average molecular weight is 417 g/mol. The van der Waals surface area contributed by atoms with Gasteiger partial charge in [-0.3, -0.25) is 4.79 Å². The van der Waals surface area contributed by atoms with Crippen LogP contribution in [-0.2, 0) is 14.6 Å². The second kappa shape index (κ2) is 8.80. The van der Waals surface area contributed by atoms with E-state index in [9.17, 15) is 13.2 Å². The molecule has 1 N–H and O–H groups in total. The largest absolute Gasteiger partial charge is 0.497 e. The van der Waals surface area contributed by atoms with Gasteiger partial charge in [-0.1, -0.05) is 6.92 Å². The lowest BCUT2D eigenvalue weighted by Crippen LogP contribution is -2.46. The molecule has 8 heteroatoms. The van der Waals surface area contributed by atoms with Crippen LogP contribution in [0.15, 0.2) is 29.2 Å². The van der Waals surface area contributed by atoms with Crippen LogP contribution in [0.2, 0.25) is 0 Å². The normalized spacial score (nSPS) is 20.1. The molecule has 0 aromatic heterocycles. The van der Waals surface area contributed by atoms with Gasteiger partial charge >= 0.3 is 0 Å². The zero-order valence-electron chi connectivity index (χ0n) is 15.9. The highest BCUT2D eigenvalue weighted by molar-refractivity contribution is 7.91. The van der Waals surface area contributed by atoms with Crippen LogP contribution in [0.3, 0.4) is 0 Å². The van der Waals surface area contributed by atoms with E-state index in [2.05, 4.69) is 5.32 Å². The van der Waals surface area contributed by atoms with E-state index in [1.165, 1.54) is 25.7 Å². The zero-order chi connectivity index (χ0) is 18.8. The van der Waals surface area contributed by atoms with Crippen LogP contribution in [0.5, 0.6) is 5.75 Å². The van der Waals surface area contributed by atoms with Gasteiger partial charge in [0.2, 0.25) is 5.91 Å². The minimum Gasteiger partial charge on any atom is -0.497 e. The van der Waals surface area contributed by atoms with Crippen molar-refractivity contribution in [1.82, 2.24) is 10.2 Å². The second-order valence-corrected chi connectivity index (χ2v) is 9.64. The van der Waals surface area contributed by atoms with Gasteiger partial charge < -0.3 is 15.0 Å². The minimum absolute atomic E-state index is 0. The number of carbonyl (C=O) groups excluding carboxylic acids is 1. The smallest absolute Gasteiger partial charge is 0.226 e. The molecule has 27 heavy (non-hydrogen) atoms. The first-order valence-electron chi connectivity index (χ1n) is 9.22. The Bertz CT molecular complexity index is 735. The molecule has 2 aliphatic heterocycles. The van der Waals surface area contributed by atoms with Gasteiger partial charge in [0.25, 0.3) is 0 Å². The molecule has 0 aliphatic carbocycles. The summed E-state index contributed by atoms with van der Waals surface area (Å²) in [5.74, 6) is -0.154. The molecule has 1 amide bonds. The fraction of sp³-hybridized carbons (Fsp3) is 0.632. The molecule has 1 spiro atoms. The maximum Gasteiger partial charge on any atom is 0.226 e. The Balaban J connectivity index is 0.00000261. The number of benzene rings is 1. The predicted molar refractivity (Wildman–Crippen MR) is 107 cm³/mol. The van der Waals surface area contributed by atoms with Crippen molar-refractivity contribution in [2.75, 3.05) is 39.0 Å². The molecule has 2 aliphatic rings. The number of piperidine rings is 1. The van der Waals surface area contributed by atoms with E-state index in [0.29, 0.717) is 11.2 Å². The first-order valence-corrected chi connectivity index (χ1v) is 10.9. The van der Waals surface area contributed by atoms with Crippen molar-refractivity contribution in [3.63, 3.8) is 0 Å². The third kappa shape index (κ3) is 4.95. The molecule has 3 rings (SSSR count). The van der Waals surface area contributed by atoms with Crippen molar-refractivity contribution >= 4 is 28.2 Å². The number of amides is 1. The van der Waals surface area contributed by atoms with Gasteiger partial charge in [0.1, 0.15) is 5.75 Å². The number of likely N-dealkylation sites (tertiary alicyclic amines) is 1. The van der Waals surface area contributed by atoms with Gasteiger partial charge in [-0.25, -0.2) is 8.42 Å². The molecule has 2 fully saturated rings. The van der Waals surface area contributed by atoms with Crippen LogP contribution in [0.4, 0.5) is 0 Å². The van der Waals surface area contributed by atoms with Crippen LogP contribution in [0.25, 0.3) is 0 Å². The number of rotatable bonds is 5. The summed E-state index contributed by atoms with van der Waals surface area (Å²) in [6, 6.07) is 6.31. The van der Waals surface area contributed by atoms with E-state index in [1.807, 2.05) is 4.90 Å². The molecular weight excluding hydrogens is 388 g/mol. The van der Waals surface area contributed by atoms with Gasteiger partial charge in [0.15, 0.2) is 9.84 Å². The second-order valence-electron chi connectivity index (χ2n) is 7.61. The number of methoxy groups -OCH3 is 1. The molecule has 6 nitrogen and oxygen atoms in total. The number of halogens is 1. The fourth-order valence-corrected chi connectivity index (χ4v) is 5.56. The summed E-state index contributed by atoms with van der Waals surface area (Å²) in [4.78, 5) is 14.8. The fourth-order valence-electron chi connectivity index (χ4n) is 4.02. The van der Waals surface area contributed by atoms with Gasteiger partial charge in [-0.2, -0.15) is 0 Å². The van der Waals surface area contributed by atoms with E-state index in [-0.39, 0.29) is 29.0 Å². The maximum absolute atomic E-state index is 12.7. The molecule has 2 saturated heterocycles. The molecule has 1 unspecified atom stereocenters.